The third-order valence-corrected chi connectivity index (χ3v) is 4.18. The monoisotopic (exact) mass is 410 g/mol. The van der Waals surface area contributed by atoms with Crippen LogP contribution in [0, 0.1) is 0 Å². The van der Waals surface area contributed by atoms with Crippen LogP contribution in [0.1, 0.15) is 17.5 Å². The second kappa shape index (κ2) is 12.8. The molecule has 0 saturated carbocycles. The van der Waals surface area contributed by atoms with E-state index in [-0.39, 0.29) is 31.4 Å². The molecule has 1 atom stereocenters. The van der Waals surface area contributed by atoms with Crippen LogP contribution in [0.15, 0.2) is 72.8 Å². The molecule has 0 fully saturated rings. The summed E-state index contributed by atoms with van der Waals surface area (Å²) >= 11 is 0. The molecule has 2 aromatic rings. The van der Waals surface area contributed by atoms with Crippen LogP contribution in [-0.4, -0.2) is 37.7 Å². The molecule has 0 bridgehead atoms. The van der Waals surface area contributed by atoms with Crippen molar-refractivity contribution in [2.75, 3.05) is 13.7 Å². The van der Waals surface area contributed by atoms with Crippen molar-refractivity contribution < 1.29 is 23.9 Å². The highest BCUT2D eigenvalue weighted by molar-refractivity contribution is 5.86. The Labute approximate surface area is 176 Å². The zero-order valence-electron chi connectivity index (χ0n) is 16.9. The molecule has 7 heteroatoms. The first-order valence-corrected chi connectivity index (χ1v) is 9.59. The smallest absolute Gasteiger partial charge is 0.408 e. The molecule has 0 spiro atoms. The van der Waals surface area contributed by atoms with Crippen molar-refractivity contribution >= 4 is 18.0 Å². The Morgan fingerprint density at radius 2 is 1.57 bits per heavy atom. The van der Waals surface area contributed by atoms with Crippen molar-refractivity contribution in [3.8, 4) is 0 Å². The van der Waals surface area contributed by atoms with Gasteiger partial charge in [-0.15, -0.1) is 0 Å². The number of amides is 2. The molecule has 30 heavy (non-hydrogen) atoms. The molecule has 0 aliphatic carbocycles. The Kier molecular flexibility index (Phi) is 9.65. The Bertz CT molecular complexity index is 837. The Hall–Kier alpha value is -3.61. The van der Waals surface area contributed by atoms with E-state index in [0.717, 1.165) is 11.1 Å². The first-order chi connectivity index (χ1) is 14.6. The van der Waals surface area contributed by atoms with E-state index in [9.17, 15) is 14.4 Å². The summed E-state index contributed by atoms with van der Waals surface area (Å²) < 4.78 is 9.78. The van der Waals surface area contributed by atoms with Gasteiger partial charge in [0.2, 0.25) is 5.91 Å². The van der Waals surface area contributed by atoms with Gasteiger partial charge in [0, 0.05) is 13.0 Å². The lowest BCUT2D eigenvalue weighted by atomic mass is 10.1. The van der Waals surface area contributed by atoms with Crippen LogP contribution < -0.4 is 10.6 Å². The van der Waals surface area contributed by atoms with Crippen LogP contribution in [0.2, 0.25) is 0 Å². The number of carbonyl (C=O) groups is 3. The lowest BCUT2D eigenvalue weighted by Gasteiger charge is -2.18. The lowest BCUT2D eigenvalue weighted by molar-refractivity contribution is -0.139. The van der Waals surface area contributed by atoms with Gasteiger partial charge in [0.1, 0.15) is 12.6 Å². The second-order valence-corrected chi connectivity index (χ2v) is 6.45. The summed E-state index contributed by atoms with van der Waals surface area (Å²) in [7, 11) is 1.31. The quantitative estimate of drug-likeness (QED) is 0.464. The summed E-state index contributed by atoms with van der Waals surface area (Å²) in [5, 5.41) is 5.36. The third-order valence-electron chi connectivity index (χ3n) is 4.18. The number of ether oxygens (including phenoxy) is 2. The number of carbonyl (C=O) groups excluding carboxylic acids is 3. The van der Waals surface area contributed by atoms with Gasteiger partial charge < -0.3 is 20.1 Å². The molecule has 0 aliphatic rings. The first-order valence-electron chi connectivity index (χ1n) is 9.59. The number of benzene rings is 2. The van der Waals surface area contributed by atoms with E-state index in [0.29, 0.717) is 6.42 Å². The number of alkyl carbamates (subject to hydrolysis) is 1. The van der Waals surface area contributed by atoms with Crippen LogP contribution in [-0.2, 0) is 32.1 Å². The Morgan fingerprint density at radius 1 is 0.933 bits per heavy atom. The average molecular weight is 410 g/mol. The van der Waals surface area contributed by atoms with Crippen molar-refractivity contribution in [2.24, 2.45) is 0 Å². The Balaban J connectivity index is 1.91. The van der Waals surface area contributed by atoms with E-state index in [1.807, 2.05) is 60.7 Å². The van der Waals surface area contributed by atoms with E-state index in [1.165, 1.54) is 7.11 Å². The number of nitrogens with one attached hydrogen (secondary N) is 2. The van der Waals surface area contributed by atoms with Gasteiger partial charge in [-0.05, 0) is 11.1 Å². The van der Waals surface area contributed by atoms with E-state index in [1.54, 1.807) is 12.2 Å². The standard InChI is InChI=1S/C23H26N2O5/c1-29-21(26)14-8-9-15-24-22(27)20(16-18-10-4-2-5-11-18)25-23(28)30-17-19-12-6-3-7-13-19/h2-13,20H,14-17H2,1H3,(H,24,27)(H,25,28)/b9-8+. The zero-order chi connectivity index (χ0) is 21.6. The van der Waals surface area contributed by atoms with E-state index in [4.69, 9.17) is 4.74 Å². The van der Waals surface area contributed by atoms with Crippen LogP contribution in [0.3, 0.4) is 0 Å². The lowest BCUT2D eigenvalue weighted by Crippen LogP contribution is -2.48. The summed E-state index contributed by atoms with van der Waals surface area (Å²) in [6.45, 7) is 0.338. The van der Waals surface area contributed by atoms with Gasteiger partial charge in [0.05, 0.1) is 13.5 Å². The fourth-order valence-electron chi connectivity index (χ4n) is 2.60. The molecule has 7 nitrogen and oxygen atoms in total. The predicted molar refractivity (Wildman–Crippen MR) is 112 cm³/mol. The third kappa shape index (κ3) is 8.60. The Morgan fingerprint density at radius 3 is 2.20 bits per heavy atom. The molecular formula is C23H26N2O5. The maximum absolute atomic E-state index is 12.6. The maximum Gasteiger partial charge on any atom is 0.408 e. The molecule has 0 saturated heterocycles. The van der Waals surface area contributed by atoms with Gasteiger partial charge in [-0.3, -0.25) is 9.59 Å². The average Bonchev–Trinajstić information content (AvgIpc) is 2.78. The minimum absolute atomic E-state index is 0.114. The summed E-state index contributed by atoms with van der Waals surface area (Å²) in [5.41, 5.74) is 1.76. The fourth-order valence-corrected chi connectivity index (χ4v) is 2.60. The molecule has 2 amide bonds. The number of esters is 1. The van der Waals surface area contributed by atoms with Gasteiger partial charge in [-0.2, -0.15) is 0 Å². The van der Waals surface area contributed by atoms with Crippen molar-refractivity contribution in [2.45, 2.75) is 25.5 Å². The zero-order valence-corrected chi connectivity index (χ0v) is 16.9. The number of hydrogen-bond donors (Lipinski definition) is 2. The van der Waals surface area contributed by atoms with Gasteiger partial charge >= 0.3 is 12.1 Å². The van der Waals surface area contributed by atoms with Crippen LogP contribution >= 0.6 is 0 Å². The molecule has 158 valence electrons. The van der Waals surface area contributed by atoms with Gasteiger partial charge in [-0.1, -0.05) is 72.8 Å². The molecule has 2 rings (SSSR count). The normalized spacial score (nSPS) is 11.5. The molecule has 0 aliphatic heterocycles. The summed E-state index contributed by atoms with van der Waals surface area (Å²) in [4.78, 5) is 35.9. The van der Waals surface area contributed by atoms with E-state index >= 15 is 0 Å². The number of rotatable bonds is 10. The van der Waals surface area contributed by atoms with Crippen LogP contribution in [0.25, 0.3) is 0 Å². The molecule has 2 aromatic carbocycles. The first kappa shape index (κ1) is 22.7. The molecule has 0 heterocycles. The topological polar surface area (TPSA) is 93.7 Å². The molecule has 0 radical (unpaired) electrons. The van der Waals surface area contributed by atoms with Crippen molar-refractivity contribution in [1.82, 2.24) is 10.6 Å². The summed E-state index contributed by atoms with van der Waals surface area (Å²) in [6, 6.07) is 17.9. The molecule has 0 aromatic heterocycles. The number of hydrogen-bond acceptors (Lipinski definition) is 5. The van der Waals surface area contributed by atoms with Gasteiger partial charge in [-0.25, -0.2) is 4.79 Å². The minimum atomic E-state index is -0.801. The molecule has 1 unspecified atom stereocenters. The van der Waals surface area contributed by atoms with Crippen LogP contribution in [0.5, 0.6) is 0 Å². The summed E-state index contributed by atoms with van der Waals surface area (Å²) in [5.74, 6) is -0.708. The largest absolute Gasteiger partial charge is 0.469 e. The van der Waals surface area contributed by atoms with Gasteiger partial charge in [0.15, 0.2) is 0 Å². The summed E-state index contributed by atoms with van der Waals surface area (Å²) in [6.07, 6.45) is 3.04. The predicted octanol–water partition coefficient (Wildman–Crippen LogP) is 2.76. The molecule has 2 N–H and O–H groups in total. The fraction of sp³-hybridized carbons (Fsp3) is 0.261. The van der Waals surface area contributed by atoms with E-state index in [2.05, 4.69) is 15.4 Å². The second-order valence-electron chi connectivity index (χ2n) is 6.45. The minimum Gasteiger partial charge on any atom is -0.469 e. The van der Waals surface area contributed by atoms with Gasteiger partial charge in [0.25, 0.3) is 0 Å². The highest BCUT2D eigenvalue weighted by Crippen LogP contribution is 2.05. The maximum atomic E-state index is 12.6. The molecular weight excluding hydrogens is 384 g/mol. The van der Waals surface area contributed by atoms with E-state index < -0.39 is 12.1 Å². The van der Waals surface area contributed by atoms with Crippen molar-refractivity contribution in [3.63, 3.8) is 0 Å². The number of methoxy groups -OCH3 is 1. The SMILES string of the molecule is COC(=O)C/C=C/CNC(=O)C(Cc1ccccc1)NC(=O)OCc1ccccc1. The van der Waals surface area contributed by atoms with Crippen molar-refractivity contribution in [3.05, 3.63) is 83.9 Å². The highest BCUT2D eigenvalue weighted by atomic mass is 16.5. The highest BCUT2D eigenvalue weighted by Gasteiger charge is 2.21. The van der Waals surface area contributed by atoms with Crippen LogP contribution in [0.4, 0.5) is 4.79 Å². The van der Waals surface area contributed by atoms with Crippen molar-refractivity contribution in [1.29, 1.82) is 0 Å².